The van der Waals surface area contributed by atoms with E-state index in [9.17, 15) is 4.79 Å². The van der Waals surface area contributed by atoms with Crippen molar-refractivity contribution in [2.75, 3.05) is 13.7 Å². The van der Waals surface area contributed by atoms with Gasteiger partial charge in [0.05, 0.1) is 18.5 Å². The molecule has 5 nitrogen and oxygen atoms in total. The fraction of sp³-hybridized carbons (Fsp3) is 0.692. The fourth-order valence-corrected chi connectivity index (χ4v) is 2.63. The second-order valence-corrected chi connectivity index (χ2v) is 5.10. The number of methoxy groups -OCH3 is 1. The van der Waals surface area contributed by atoms with E-state index < -0.39 is 0 Å². The van der Waals surface area contributed by atoms with Crippen LogP contribution in [-0.4, -0.2) is 34.7 Å². The van der Waals surface area contributed by atoms with Crippen LogP contribution >= 0.6 is 0 Å². The van der Waals surface area contributed by atoms with Gasteiger partial charge in [0.1, 0.15) is 6.04 Å². The second kappa shape index (κ2) is 5.52. The minimum Gasteiger partial charge on any atom is -0.382 e. The van der Waals surface area contributed by atoms with Crippen LogP contribution in [-0.2, 0) is 9.53 Å². The number of hydrogen-bond acceptors (Lipinski definition) is 3. The van der Waals surface area contributed by atoms with E-state index in [-0.39, 0.29) is 17.5 Å². The Morgan fingerprint density at radius 3 is 2.83 bits per heavy atom. The molecule has 1 amide bonds. The highest BCUT2D eigenvalue weighted by molar-refractivity contribution is 5.80. The zero-order valence-corrected chi connectivity index (χ0v) is 11.1. The lowest BCUT2D eigenvalue weighted by Gasteiger charge is -2.31. The smallest absolute Gasteiger partial charge is 0.243 e. The maximum absolute atomic E-state index is 12.3. The number of hydrogen-bond donors (Lipinski definition) is 1. The van der Waals surface area contributed by atoms with E-state index in [1.54, 1.807) is 19.6 Å². The van der Waals surface area contributed by atoms with Gasteiger partial charge in [0.15, 0.2) is 0 Å². The lowest BCUT2D eigenvalue weighted by Crippen LogP contribution is -2.51. The van der Waals surface area contributed by atoms with Gasteiger partial charge < -0.3 is 14.6 Å². The van der Waals surface area contributed by atoms with Crippen LogP contribution in [0.1, 0.15) is 38.6 Å². The number of aromatic nitrogens is 2. The van der Waals surface area contributed by atoms with Crippen LogP contribution in [0.4, 0.5) is 0 Å². The molecule has 1 fully saturated rings. The standard InChI is InChI=1S/C13H21N3O2/c1-11(16-8-7-14-10-16)12(17)15-13(9-18-2)5-3-4-6-13/h7-8,10-11H,3-6,9H2,1-2H3,(H,15,17). The molecule has 1 saturated carbocycles. The first-order chi connectivity index (χ1) is 8.67. The van der Waals surface area contributed by atoms with E-state index in [0.717, 1.165) is 25.7 Å². The summed E-state index contributed by atoms with van der Waals surface area (Å²) in [5.41, 5.74) is -0.166. The Labute approximate surface area is 108 Å². The van der Waals surface area contributed by atoms with Gasteiger partial charge >= 0.3 is 0 Å². The topological polar surface area (TPSA) is 56.1 Å². The van der Waals surface area contributed by atoms with Crippen molar-refractivity contribution in [3.8, 4) is 0 Å². The first kappa shape index (κ1) is 13.1. The Hall–Kier alpha value is -1.36. The SMILES string of the molecule is COCC1(NC(=O)C(C)n2ccnc2)CCCC1. The molecule has 1 aromatic heterocycles. The number of carbonyl (C=O) groups is 1. The number of imidazole rings is 1. The van der Waals surface area contributed by atoms with Crippen molar-refractivity contribution in [3.63, 3.8) is 0 Å². The zero-order valence-electron chi connectivity index (χ0n) is 11.1. The van der Waals surface area contributed by atoms with E-state index in [1.165, 1.54) is 0 Å². The van der Waals surface area contributed by atoms with Crippen molar-refractivity contribution in [2.24, 2.45) is 0 Å². The Balaban J connectivity index is 2.01. The van der Waals surface area contributed by atoms with E-state index >= 15 is 0 Å². The first-order valence-electron chi connectivity index (χ1n) is 6.45. The first-order valence-corrected chi connectivity index (χ1v) is 6.45. The minimum atomic E-state index is -0.234. The molecule has 0 bridgehead atoms. The molecule has 1 atom stereocenters. The van der Waals surface area contributed by atoms with Gasteiger partial charge in [-0.25, -0.2) is 4.98 Å². The Bertz CT molecular complexity index is 383. The van der Waals surface area contributed by atoms with Crippen molar-refractivity contribution in [1.29, 1.82) is 0 Å². The Morgan fingerprint density at radius 1 is 1.56 bits per heavy atom. The van der Waals surface area contributed by atoms with Gasteiger partial charge in [-0.3, -0.25) is 4.79 Å². The second-order valence-electron chi connectivity index (χ2n) is 5.10. The summed E-state index contributed by atoms with van der Waals surface area (Å²) in [6, 6.07) is -0.234. The van der Waals surface area contributed by atoms with Gasteiger partial charge in [-0.1, -0.05) is 12.8 Å². The van der Waals surface area contributed by atoms with Gasteiger partial charge in [-0.05, 0) is 19.8 Å². The third-order valence-corrected chi connectivity index (χ3v) is 3.72. The van der Waals surface area contributed by atoms with E-state index in [0.29, 0.717) is 6.61 Å². The Kier molecular flexibility index (Phi) is 4.01. The summed E-state index contributed by atoms with van der Waals surface area (Å²) in [6.45, 7) is 2.47. The monoisotopic (exact) mass is 251 g/mol. The summed E-state index contributed by atoms with van der Waals surface area (Å²) in [7, 11) is 1.69. The van der Waals surface area contributed by atoms with Gasteiger partial charge in [0.2, 0.25) is 5.91 Å². The summed E-state index contributed by atoms with van der Waals surface area (Å²) in [4.78, 5) is 16.2. The van der Waals surface area contributed by atoms with Gasteiger partial charge in [-0.2, -0.15) is 0 Å². The quantitative estimate of drug-likeness (QED) is 0.863. The van der Waals surface area contributed by atoms with Crippen molar-refractivity contribution in [1.82, 2.24) is 14.9 Å². The zero-order chi connectivity index (χ0) is 13.0. The predicted molar refractivity (Wildman–Crippen MR) is 68.2 cm³/mol. The summed E-state index contributed by atoms with van der Waals surface area (Å²) < 4.78 is 7.08. The highest BCUT2D eigenvalue weighted by atomic mass is 16.5. The number of rotatable bonds is 5. The minimum absolute atomic E-state index is 0.0342. The molecule has 0 spiro atoms. The third kappa shape index (κ3) is 2.72. The summed E-state index contributed by atoms with van der Waals surface area (Å²) in [6.07, 6.45) is 9.48. The van der Waals surface area contributed by atoms with Crippen molar-refractivity contribution < 1.29 is 9.53 Å². The molecule has 1 unspecified atom stereocenters. The Morgan fingerprint density at radius 2 is 2.28 bits per heavy atom. The number of nitrogens with one attached hydrogen (secondary N) is 1. The molecule has 100 valence electrons. The normalized spacial score (nSPS) is 19.7. The van der Waals surface area contributed by atoms with Crippen LogP contribution < -0.4 is 5.32 Å². The molecular formula is C13H21N3O2. The van der Waals surface area contributed by atoms with Crippen LogP contribution in [0, 0.1) is 0 Å². The number of nitrogens with zero attached hydrogens (tertiary/aromatic N) is 2. The molecule has 18 heavy (non-hydrogen) atoms. The molecule has 0 saturated heterocycles. The van der Waals surface area contributed by atoms with E-state index in [2.05, 4.69) is 10.3 Å². The molecule has 1 aliphatic rings. The molecular weight excluding hydrogens is 230 g/mol. The molecule has 0 radical (unpaired) electrons. The van der Waals surface area contributed by atoms with Gasteiger partial charge in [0, 0.05) is 19.5 Å². The number of amides is 1. The summed E-state index contributed by atoms with van der Waals surface area (Å²) in [5, 5.41) is 3.17. The lowest BCUT2D eigenvalue weighted by molar-refractivity contribution is -0.126. The molecule has 5 heteroatoms. The number of carbonyl (C=O) groups excluding carboxylic acids is 1. The maximum atomic E-state index is 12.3. The van der Waals surface area contributed by atoms with E-state index in [1.807, 2.05) is 17.7 Å². The van der Waals surface area contributed by atoms with Crippen molar-refractivity contribution in [2.45, 2.75) is 44.2 Å². The van der Waals surface area contributed by atoms with Crippen LogP contribution in [0.25, 0.3) is 0 Å². The molecule has 1 aliphatic carbocycles. The van der Waals surface area contributed by atoms with Crippen LogP contribution in [0.3, 0.4) is 0 Å². The lowest BCUT2D eigenvalue weighted by atomic mass is 9.98. The predicted octanol–water partition coefficient (Wildman–Crippen LogP) is 1.52. The number of ether oxygens (including phenoxy) is 1. The average molecular weight is 251 g/mol. The van der Waals surface area contributed by atoms with E-state index in [4.69, 9.17) is 4.74 Å². The van der Waals surface area contributed by atoms with Crippen LogP contribution in [0.15, 0.2) is 18.7 Å². The molecule has 1 aromatic rings. The highest BCUT2D eigenvalue weighted by Gasteiger charge is 2.36. The maximum Gasteiger partial charge on any atom is 0.243 e. The van der Waals surface area contributed by atoms with Crippen LogP contribution in [0.2, 0.25) is 0 Å². The largest absolute Gasteiger partial charge is 0.382 e. The van der Waals surface area contributed by atoms with Gasteiger partial charge in [-0.15, -0.1) is 0 Å². The third-order valence-electron chi connectivity index (χ3n) is 3.72. The molecule has 0 aliphatic heterocycles. The average Bonchev–Trinajstić information content (AvgIpc) is 2.99. The fourth-order valence-electron chi connectivity index (χ4n) is 2.63. The summed E-state index contributed by atoms with van der Waals surface area (Å²) in [5.74, 6) is 0.0342. The van der Waals surface area contributed by atoms with Gasteiger partial charge in [0.25, 0.3) is 0 Å². The van der Waals surface area contributed by atoms with Crippen molar-refractivity contribution >= 4 is 5.91 Å². The molecule has 2 rings (SSSR count). The van der Waals surface area contributed by atoms with Crippen molar-refractivity contribution in [3.05, 3.63) is 18.7 Å². The molecule has 1 heterocycles. The molecule has 1 N–H and O–H groups in total. The summed E-state index contributed by atoms with van der Waals surface area (Å²) >= 11 is 0. The highest BCUT2D eigenvalue weighted by Crippen LogP contribution is 2.30. The molecule has 0 aromatic carbocycles. The van der Waals surface area contributed by atoms with Crippen LogP contribution in [0.5, 0.6) is 0 Å².